The Morgan fingerprint density at radius 2 is 1.62 bits per heavy atom. The van der Waals surface area contributed by atoms with E-state index in [1.54, 1.807) is 30.3 Å². The Morgan fingerprint density at radius 1 is 0.966 bits per heavy atom. The van der Waals surface area contributed by atoms with Crippen molar-refractivity contribution < 1.29 is 19.7 Å². The van der Waals surface area contributed by atoms with Crippen LogP contribution in [-0.2, 0) is 6.42 Å². The van der Waals surface area contributed by atoms with E-state index in [2.05, 4.69) is 30.6 Å². The second-order valence-corrected chi connectivity index (χ2v) is 8.38. The lowest BCUT2D eigenvalue weighted by molar-refractivity contribution is 0.161. The highest BCUT2D eigenvalue weighted by Gasteiger charge is 2.20. The molecule has 0 aromatic heterocycles. The molecular formula is C22H25NO4P2. The molecule has 29 heavy (non-hydrogen) atoms. The Balaban J connectivity index is 1.67. The first-order valence-corrected chi connectivity index (χ1v) is 10.2. The van der Waals surface area contributed by atoms with Crippen molar-refractivity contribution in [2.75, 3.05) is 7.11 Å². The van der Waals surface area contributed by atoms with Gasteiger partial charge in [-0.2, -0.15) is 0 Å². The highest BCUT2D eigenvalue weighted by molar-refractivity contribution is 7.28. The third-order valence-electron chi connectivity index (χ3n) is 4.59. The summed E-state index contributed by atoms with van der Waals surface area (Å²) in [4.78, 5) is 0. The molecule has 152 valence electrons. The molecule has 3 aromatic carbocycles. The average molecular weight is 429 g/mol. The summed E-state index contributed by atoms with van der Waals surface area (Å²) in [5.41, 5.74) is 8.49. The van der Waals surface area contributed by atoms with Crippen molar-refractivity contribution in [1.29, 1.82) is 0 Å². The van der Waals surface area contributed by atoms with Gasteiger partial charge in [-0.15, -0.1) is 9.24 Å². The summed E-state index contributed by atoms with van der Waals surface area (Å²) in [6.07, 6.45) is 1.34. The van der Waals surface area contributed by atoms with Gasteiger partial charge in [0.2, 0.25) is 0 Å². The molecule has 3 rings (SSSR count). The van der Waals surface area contributed by atoms with Crippen molar-refractivity contribution in [3.05, 3.63) is 66.2 Å². The van der Waals surface area contributed by atoms with Gasteiger partial charge in [0.25, 0.3) is 0 Å². The van der Waals surface area contributed by atoms with Crippen molar-refractivity contribution >= 4 is 23.8 Å². The topological polar surface area (TPSA) is 84.9 Å². The van der Waals surface area contributed by atoms with Crippen molar-refractivity contribution in [2.24, 2.45) is 5.73 Å². The van der Waals surface area contributed by atoms with Gasteiger partial charge in [-0.05, 0) is 59.5 Å². The monoisotopic (exact) mass is 429 g/mol. The Kier molecular flexibility index (Phi) is 6.64. The van der Waals surface area contributed by atoms with Crippen LogP contribution in [0.4, 0.5) is 0 Å². The Morgan fingerprint density at radius 3 is 2.24 bits per heavy atom. The number of hydrogen-bond donors (Lipinski definition) is 3. The molecule has 0 aliphatic carbocycles. The molecule has 0 saturated heterocycles. The number of benzene rings is 3. The third kappa shape index (κ3) is 5.39. The number of nitrogens with two attached hydrogens (primary N) is 1. The van der Waals surface area contributed by atoms with Gasteiger partial charge >= 0.3 is 0 Å². The number of aromatic hydroxyl groups is 2. The van der Waals surface area contributed by atoms with Crippen molar-refractivity contribution in [3.8, 4) is 34.1 Å². The molecule has 0 aliphatic heterocycles. The summed E-state index contributed by atoms with van der Waals surface area (Å²) in [6.45, 7) is 0. The summed E-state index contributed by atoms with van der Waals surface area (Å²) in [5.74, 6) is 1.36. The fourth-order valence-corrected chi connectivity index (χ4v) is 3.84. The lowest BCUT2D eigenvalue weighted by atomic mass is 10.0. The van der Waals surface area contributed by atoms with Crippen LogP contribution in [0.25, 0.3) is 11.1 Å². The molecule has 0 aliphatic rings. The normalized spacial score (nSPS) is 13.0. The molecule has 0 spiro atoms. The lowest BCUT2D eigenvalue weighted by Gasteiger charge is -2.26. The van der Waals surface area contributed by atoms with Crippen LogP contribution < -0.4 is 20.5 Å². The summed E-state index contributed by atoms with van der Waals surface area (Å²) >= 11 is 0. The highest BCUT2D eigenvalue weighted by atomic mass is 31.0. The van der Waals surface area contributed by atoms with Crippen LogP contribution in [0.1, 0.15) is 12.0 Å². The standard InChI is InChI=1S/C22H25NO4P2/c1-26-20-19(25)11-10-18(21(20)28)15-4-2-14(3-5-15)12-13-22(23,29)27-17-8-6-16(24)7-9-17/h2-11,24-25H,12-13,23,28-29H2,1H3. The molecule has 7 heteroatoms. The van der Waals surface area contributed by atoms with E-state index in [0.717, 1.165) is 28.4 Å². The zero-order valence-corrected chi connectivity index (χ0v) is 18.4. The van der Waals surface area contributed by atoms with Crippen LogP contribution in [-0.4, -0.2) is 22.8 Å². The molecule has 0 saturated carbocycles. The van der Waals surface area contributed by atoms with E-state index in [1.165, 1.54) is 7.11 Å². The molecule has 3 unspecified atom stereocenters. The molecule has 0 fully saturated rings. The van der Waals surface area contributed by atoms with E-state index >= 15 is 0 Å². The Hall–Kier alpha value is -2.32. The molecule has 0 heterocycles. The maximum absolute atomic E-state index is 9.90. The van der Waals surface area contributed by atoms with Gasteiger partial charge in [0, 0.05) is 11.7 Å². The van der Waals surface area contributed by atoms with Gasteiger partial charge in [0.1, 0.15) is 11.5 Å². The van der Waals surface area contributed by atoms with Gasteiger partial charge in [-0.25, -0.2) is 0 Å². The maximum Gasteiger partial charge on any atom is 0.171 e. The second kappa shape index (κ2) is 9.00. The van der Waals surface area contributed by atoms with Crippen LogP contribution in [0.5, 0.6) is 23.0 Å². The first-order valence-electron chi connectivity index (χ1n) is 9.09. The minimum absolute atomic E-state index is 0.117. The van der Waals surface area contributed by atoms with Crippen LogP contribution >= 0.6 is 18.5 Å². The van der Waals surface area contributed by atoms with E-state index < -0.39 is 5.47 Å². The summed E-state index contributed by atoms with van der Waals surface area (Å²) in [6, 6.07) is 18.2. The first kappa shape index (κ1) is 21.4. The molecule has 3 atom stereocenters. The molecule has 0 bridgehead atoms. The van der Waals surface area contributed by atoms with Gasteiger partial charge in [-0.1, -0.05) is 33.5 Å². The predicted molar refractivity (Wildman–Crippen MR) is 123 cm³/mol. The zero-order valence-electron chi connectivity index (χ0n) is 16.1. The molecule has 0 amide bonds. The summed E-state index contributed by atoms with van der Waals surface area (Å²) in [7, 11) is 6.72. The number of aryl methyl sites for hydroxylation is 1. The van der Waals surface area contributed by atoms with Crippen LogP contribution in [0.3, 0.4) is 0 Å². The number of phenolic OH excluding ortho intramolecular Hbond substituents is 2. The Labute approximate surface area is 175 Å². The number of methoxy groups -OCH3 is 1. The van der Waals surface area contributed by atoms with Gasteiger partial charge in [0.05, 0.1) is 7.11 Å². The SMILES string of the molecule is COc1c(O)ccc(-c2ccc(CCC(N)(P)Oc3ccc(O)cc3)cc2)c1P. The molecule has 0 radical (unpaired) electrons. The summed E-state index contributed by atoms with van der Waals surface area (Å²) < 4.78 is 11.1. The van der Waals surface area contributed by atoms with E-state index in [9.17, 15) is 10.2 Å². The third-order valence-corrected chi connectivity index (χ3v) is 5.57. The maximum atomic E-state index is 9.90. The van der Waals surface area contributed by atoms with E-state index in [1.807, 2.05) is 18.2 Å². The number of ether oxygens (including phenoxy) is 2. The number of phenols is 2. The molecule has 3 aromatic rings. The van der Waals surface area contributed by atoms with Crippen LogP contribution in [0.2, 0.25) is 0 Å². The van der Waals surface area contributed by atoms with E-state index in [-0.39, 0.29) is 11.5 Å². The van der Waals surface area contributed by atoms with Crippen molar-refractivity contribution in [2.45, 2.75) is 18.3 Å². The Bertz CT molecular complexity index is 973. The van der Waals surface area contributed by atoms with Gasteiger partial charge in [0.15, 0.2) is 17.0 Å². The van der Waals surface area contributed by atoms with Crippen molar-refractivity contribution in [3.63, 3.8) is 0 Å². The van der Waals surface area contributed by atoms with Gasteiger partial charge in [-0.3, -0.25) is 5.73 Å². The van der Waals surface area contributed by atoms with E-state index in [4.69, 9.17) is 15.2 Å². The minimum atomic E-state index is -0.910. The summed E-state index contributed by atoms with van der Waals surface area (Å²) in [5, 5.41) is 20.1. The van der Waals surface area contributed by atoms with Gasteiger partial charge < -0.3 is 19.7 Å². The highest BCUT2D eigenvalue weighted by Crippen LogP contribution is 2.32. The zero-order chi connectivity index (χ0) is 21.0. The quantitative estimate of drug-likeness (QED) is 0.393. The average Bonchev–Trinajstić information content (AvgIpc) is 2.69. The number of rotatable bonds is 7. The molecule has 4 N–H and O–H groups in total. The molecular weight excluding hydrogens is 404 g/mol. The molecule has 5 nitrogen and oxygen atoms in total. The van der Waals surface area contributed by atoms with Crippen LogP contribution in [0, 0.1) is 0 Å². The lowest BCUT2D eigenvalue weighted by Crippen LogP contribution is -2.39. The van der Waals surface area contributed by atoms with Crippen LogP contribution in [0.15, 0.2) is 60.7 Å². The van der Waals surface area contributed by atoms with Crippen molar-refractivity contribution in [1.82, 2.24) is 0 Å². The largest absolute Gasteiger partial charge is 0.508 e. The second-order valence-electron chi connectivity index (χ2n) is 6.83. The number of hydrogen-bond acceptors (Lipinski definition) is 5. The minimum Gasteiger partial charge on any atom is -0.508 e. The first-order chi connectivity index (χ1) is 13.8. The van der Waals surface area contributed by atoms with E-state index in [0.29, 0.717) is 17.9 Å². The fourth-order valence-electron chi connectivity index (χ4n) is 3.03. The fraction of sp³-hybridized carbons (Fsp3) is 0.182. The predicted octanol–water partition coefficient (Wildman–Crippen LogP) is 3.77. The smallest absolute Gasteiger partial charge is 0.171 e.